The van der Waals surface area contributed by atoms with Crippen LogP contribution >= 0.6 is 0 Å². The number of aliphatic hydroxyl groups excluding tert-OH is 2. The molecular formula is C8H4N4O2. The van der Waals surface area contributed by atoms with Crippen molar-refractivity contribution in [2.45, 2.75) is 6.23 Å². The largest absolute Gasteiger partial charge is 0.506 e. The zero-order valence-corrected chi connectivity index (χ0v) is 6.81. The minimum Gasteiger partial charge on any atom is -0.506 e. The van der Waals surface area contributed by atoms with Crippen LogP contribution in [0.5, 0.6) is 0 Å². The molecule has 0 aromatic heterocycles. The molecule has 14 heavy (non-hydrogen) atoms. The average Bonchev–Trinajstić information content (AvgIpc) is 2.45. The van der Waals surface area contributed by atoms with E-state index in [1.165, 1.54) is 0 Å². The van der Waals surface area contributed by atoms with E-state index in [9.17, 15) is 0 Å². The Morgan fingerprint density at radius 1 is 1.29 bits per heavy atom. The highest BCUT2D eigenvalue weighted by molar-refractivity contribution is 5.57. The fourth-order valence-corrected chi connectivity index (χ4v) is 0.989. The van der Waals surface area contributed by atoms with Crippen LogP contribution in [0, 0.1) is 34.0 Å². The lowest BCUT2D eigenvalue weighted by atomic mass is 10.1. The maximum absolute atomic E-state index is 9.16. The maximum atomic E-state index is 9.16. The third-order valence-corrected chi connectivity index (χ3v) is 1.63. The molecule has 1 unspecified atom stereocenters. The second-order valence-electron chi connectivity index (χ2n) is 2.39. The number of nitrogens with one attached hydrogen (secondary N) is 1. The molecule has 3 N–H and O–H groups in total. The second kappa shape index (κ2) is 3.49. The molecule has 0 spiro atoms. The normalized spacial score (nSPS) is 19.3. The van der Waals surface area contributed by atoms with Gasteiger partial charge in [-0.2, -0.15) is 15.8 Å². The van der Waals surface area contributed by atoms with Gasteiger partial charge in [0.1, 0.15) is 23.8 Å². The van der Waals surface area contributed by atoms with Gasteiger partial charge >= 0.3 is 0 Å². The first-order valence-electron chi connectivity index (χ1n) is 3.48. The van der Waals surface area contributed by atoms with Crippen molar-refractivity contribution in [3.05, 3.63) is 22.6 Å². The zero-order valence-electron chi connectivity index (χ0n) is 6.81. The monoisotopic (exact) mass is 188 g/mol. The van der Waals surface area contributed by atoms with E-state index in [0.29, 0.717) is 0 Å². The van der Waals surface area contributed by atoms with E-state index in [1.54, 1.807) is 18.2 Å². The van der Waals surface area contributed by atoms with Crippen LogP contribution in [0.25, 0.3) is 0 Å². The second-order valence-corrected chi connectivity index (χ2v) is 2.39. The van der Waals surface area contributed by atoms with E-state index in [2.05, 4.69) is 5.32 Å². The Bertz CT molecular complexity index is 439. The number of allylic oxidation sites excluding steroid dienone is 2. The van der Waals surface area contributed by atoms with Crippen molar-refractivity contribution in [1.29, 1.82) is 15.8 Å². The third-order valence-electron chi connectivity index (χ3n) is 1.63. The summed E-state index contributed by atoms with van der Waals surface area (Å²) in [4.78, 5) is 0. The first-order chi connectivity index (χ1) is 6.65. The molecule has 0 fully saturated rings. The Labute approximate surface area is 79.2 Å². The molecule has 0 saturated heterocycles. The summed E-state index contributed by atoms with van der Waals surface area (Å²) in [5.41, 5.74) is -0.775. The molecular weight excluding hydrogens is 184 g/mol. The summed E-state index contributed by atoms with van der Waals surface area (Å²) >= 11 is 0. The van der Waals surface area contributed by atoms with Crippen molar-refractivity contribution in [1.82, 2.24) is 5.32 Å². The Morgan fingerprint density at radius 2 is 1.86 bits per heavy atom. The SMILES string of the molecule is N#CC(C#N)=C1NC(O)C(O)=C1C#N. The van der Waals surface area contributed by atoms with Gasteiger partial charge in [0, 0.05) is 0 Å². The summed E-state index contributed by atoms with van der Waals surface area (Å²) < 4.78 is 0. The lowest BCUT2D eigenvalue weighted by Crippen LogP contribution is -2.23. The number of hydrogen-bond donors (Lipinski definition) is 3. The number of nitrogens with zero attached hydrogens (tertiary/aromatic N) is 3. The summed E-state index contributed by atoms with van der Waals surface area (Å²) in [6.07, 6.45) is -1.43. The van der Waals surface area contributed by atoms with Crippen LogP contribution in [0.2, 0.25) is 0 Å². The number of aliphatic hydroxyl groups is 2. The quantitative estimate of drug-likeness (QED) is 0.442. The van der Waals surface area contributed by atoms with Crippen LogP contribution in [0.15, 0.2) is 22.6 Å². The standard InChI is InChI=1S/C8H4N4O2/c9-1-4(2-10)6-5(3-11)7(13)8(14)12-6/h8,12-14H. The van der Waals surface area contributed by atoms with Crippen molar-refractivity contribution in [3.8, 4) is 18.2 Å². The van der Waals surface area contributed by atoms with E-state index < -0.39 is 12.0 Å². The Hall–Kier alpha value is -2.49. The van der Waals surface area contributed by atoms with Gasteiger partial charge in [-0.25, -0.2) is 0 Å². The van der Waals surface area contributed by atoms with Crippen LogP contribution in [-0.2, 0) is 0 Å². The average molecular weight is 188 g/mol. The van der Waals surface area contributed by atoms with Crippen molar-refractivity contribution < 1.29 is 10.2 Å². The van der Waals surface area contributed by atoms with E-state index in [1.807, 2.05) is 0 Å². The number of hydrogen-bond acceptors (Lipinski definition) is 6. The lowest BCUT2D eigenvalue weighted by molar-refractivity contribution is 0.143. The third kappa shape index (κ3) is 1.25. The smallest absolute Gasteiger partial charge is 0.184 e. The van der Waals surface area contributed by atoms with E-state index >= 15 is 0 Å². The topological polar surface area (TPSA) is 124 Å². The summed E-state index contributed by atoms with van der Waals surface area (Å²) in [6, 6.07) is 4.69. The van der Waals surface area contributed by atoms with Gasteiger partial charge in [0.2, 0.25) is 0 Å². The van der Waals surface area contributed by atoms with Gasteiger partial charge in [-0.3, -0.25) is 0 Å². The molecule has 0 aromatic rings. The molecule has 68 valence electrons. The molecule has 0 aromatic carbocycles. The minimum atomic E-state index is -1.43. The fraction of sp³-hybridized carbons (Fsp3) is 0.125. The van der Waals surface area contributed by atoms with Crippen molar-refractivity contribution in [3.63, 3.8) is 0 Å². The van der Waals surface area contributed by atoms with Crippen LogP contribution in [0.3, 0.4) is 0 Å². The van der Waals surface area contributed by atoms with E-state index in [0.717, 1.165) is 0 Å². The van der Waals surface area contributed by atoms with Gasteiger partial charge in [-0.05, 0) is 0 Å². The van der Waals surface area contributed by atoms with Crippen molar-refractivity contribution in [2.75, 3.05) is 0 Å². The molecule has 0 aliphatic carbocycles. The van der Waals surface area contributed by atoms with Gasteiger partial charge in [0.15, 0.2) is 17.6 Å². The Balaban J connectivity index is 3.36. The van der Waals surface area contributed by atoms with Crippen molar-refractivity contribution in [2.24, 2.45) is 0 Å². The summed E-state index contributed by atoms with van der Waals surface area (Å²) in [5, 5.41) is 46.1. The van der Waals surface area contributed by atoms with Crippen LogP contribution < -0.4 is 5.32 Å². The van der Waals surface area contributed by atoms with Crippen molar-refractivity contribution >= 4 is 0 Å². The first-order valence-corrected chi connectivity index (χ1v) is 3.48. The molecule has 6 heteroatoms. The highest BCUT2D eigenvalue weighted by atomic mass is 16.3. The number of rotatable bonds is 0. The van der Waals surface area contributed by atoms with Gasteiger partial charge in [0.05, 0.1) is 5.70 Å². The fourth-order valence-electron chi connectivity index (χ4n) is 0.989. The summed E-state index contributed by atoms with van der Waals surface area (Å²) in [6.45, 7) is 0. The molecule has 0 saturated carbocycles. The maximum Gasteiger partial charge on any atom is 0.184 e. The predicted octanol–water partition coefficient (Wildman–Crippen LogP) is -0.455. The molecule has 1 atom stereocenters. The van der Waals surface area contributed by atoms with Gasteiger partial charge in [-0.1, -0.05) is 0 Å². The molecule has 1 rings (SSSR count). The molecule has 0 radical (unpaired) electrons. The van der Waals surface area contributed by atoms with Crippen LogP contribution in [0.4, 0.5) is 0 Å². The van der Waals surface area contributed by atoms with Gasteiger partial charge in [0.25, 0.3) is 0 Å². The highest BCUT2D eigenvalue weighted by Crippen LogP contribution is 2.22. The van der Waals surface area contributed by atoms with E-state index in [-0.39, 0.29) is 16.8 Å². The van der Waals surface area contributed by atoms with Gasteiger partial charge in [-0.15, -0.1) is 0 Å². The molecule has 1 aliphatic heterocycles. The molecule has 6 nitrogen and oxygen atoms in total. The molecule has 0 amide bonds. The van der Waals surface area contributed by atoms with Crippen LogP contribution in [0.1, 0.15) is 0 Å². The van der Waals surface area contributed by atoms with Crippen LogP contribution in [-0.4, -0.2) is 16.4 Å². The van der Waals surface area contributed by atoms with E-state index in [4.69, 9.17) is 26.0 Å². The lowest BCUT2D eigenvalue weighted by Gasteiger charge is -2.02. The Morgan fingerprint density at radius 3 is 2.29 bits per heavy atom. The Kier molecular flexibility index (Phi) is 2.39. The molecule has 1 heterocycles. The minimum absolute atomic E-state index is 0.137. The summed E-state index contributed by atoms with van der Waals surface area (Å²) in [5.74, 6) is -0.578. The van der Waals surface area contributed by atoms with Gasteiger partial charge < -0.3 is 15.5 Å². The number of nitriles is 3. The highest BCUT2D eigenvalue weighted by Gasteiger charge is 2.29. The first kappa shape index (κ1) is 9.60. The predicted molar refractivity (Wildman–Crippen MR) is 42.7 cm³/mol. The molecule has 1 aliphatic rings. The molecule has 0 bridgehead atoms. The summed E-state index contributed by atoms with van der Waals surface area (Å²) in [7, 11) is 0. The zero-order chi connectivity index (χ0) is 10.7.